The molecule has 1 aromatic carbocycles. The summed E-state index contributed by atoms with van der Waals surface area (Å²) in [6, 6.07) is -19.4. The van der Waals surface area contributed by atoms with E-state index >= 15 is 0 Å². The molecule has 31 N–H and O–H groups in total. The zero-order chi connectivity index (χ0) is 102. The third-order valence-corrected chi connectivity index (χ3v) is 21.3. The smallest absolute Gasteiger partial charge is 0.326 e. The molecular weight excluding hydrogens is 1760 g/mol. The Morgan fingerprint density at radius 1 is 0.351 bits per heavy atom. The van der Waals surface area contributed by atoms with E-state index in [1.807, 2.05) is 0 Å². The fourth-order valence-corrected chi connectivity index (χ4v) is 13.3. The third-order valence-electron chi connectivity index (χ3n) is 21.3. The van der Waals surface area contributed by atoms with Crippen molar-refractivity contribution in [3.8, 4) is 0 Å². The monoisotopic (exact) mass is 1900 g/mol. The lowest BCUT2D eigenvalue weighted by Crippen LogP contribution is -2.63. The van der Waals surface area contributed by atoms with Gasteiger partial charge >= 0.3 is 23.9 Å². The van der Waals surface area contributed by atoms with Crippen molar-refractivity contribution in [2.24, 2.45) is 69.4 Å². The van der Waals surface area contributed by atoms with Crippen LogP contribution in [0, 0.1) is 41.4 Å². The molecular formula is C86H145N21O27. The zero-order valence-electron chi connectivity index (χ0n) is 79.1. The molecule has 19 atom stereocenters. The molecule has 0 saturated carbocycles. The maximum absolute atomic E-state index is 14.9. The highest BCUT2D eigenvalue weighted by Gasteiger charge is 2.42. The molecule has 0 saturated heterocycles. The van der Waals surface area contributed by atoms with Crippen LogP contribution in [0.5, 0.6) is 0 Å². The topological polar surface area (TPSA) is 792 Å². The van der Waals surface area contributed by atoms with Crippen molar-refractivity contribution in [1.29, 1.82) is 0 Å². The summed E-state index contributed by atoms with van der Waals surface area (Å²) in [4.78, 5) is 278. The molecule has 0 aliphatic carbocycles. The van der Waals surface area contributed by atoms with Gasteiger partial charge in [-0.2, -0.15) is 0 Å². The Kier molecular flexibility index (Phi) is 54.3. The molecule has 0 spiro atoms. The number of carbonyl (C=O) groups excluding carboxylic acids is 16. The average Bonchev–Trinajstić information content (AvgIpc) is 0.852. The van der Waals surface area contributed by atoms with Gasteiger partial charge in [0.15, 0.2) is 5.96 Å². The molecule has 0 radical (unpaired) electrons. The molecule has 0 aliphatic rings. The van der Waals surface area contributed by atoms with E-state index in [4.69, 9.17) is 22.9 Å². The number of aliphatic hydroxyl groups is 3. The van der Waals surface area contributed by atoms with Crippen molar-refractivity contribution in [3.63, 3.8) is 0 Å². The number of carbonyl (C=O) groups is 20. The van der Waals surface area contributed by atoms with Crippen LogP contribution in [-0.2, 0) is 102 Å². The average molecular weight is 1910 g/mol. The normalized spacial score (nSPS) is 15.6. The number of benzene rings is 1. The lowest BCUT2D eigenvalue weighted by Gasteiger charge is -2.31. The molecule has 48 heteroatoms. The molecule has 0 fully saturated rings. The van der Waals surface area contributed by atoms with Gasteiger partial charge in [0.05, 0.1) is 25.7 Å². The number of hydrogen-bond acceptors (Lipinski definition) is 26. The second-order valence-corrected chi connectivity index (χ2v) is 35.3. The highest BCUT2D eigenvalue weighted by molar-refractivity contribution is 6.02. The Morgan fingerprint density at radius 3 is 1.10 bits per heavy atom. The lowest BCUT2D eigenvalue weighted by atomic mass is 9.96. The summed E-state index contributed by atoms with van der Waals surface area (Å²) in [6.45, 7) is 22.7. The standard InChI is InChI=1S/C86H145N21O27/c1-17-46(14)67(106-78(126)59(39-109)101-81(129)64(43(8)9)102-70(118)50(88)38-108)83(131)99-55(34-40(2)3)74(122)94-52(28-30-60(111)112)72(120)93-51(27-23-33-91-86(89)90)71(119)98-57(36-49-24-19-18-20-25-49)77(125)103-65(44(10)11)80(128)95-53(29-31-61(113)114)73(121)107-68(48(16)110)84(132)100-56(35-41(4)5)76(124)104-66(45(12)13)82(130)105-63(42(6)7)79(127)92-47(15)69(117)97-58(37-62(115)116)75(123)96-54(85(133)134)26-21-22-32-87/h18-20,24-25,40-48,50-59,63-68,108-110H,17,21-23,26-39,87-88H2,1-16H3,(H,92,127)(H,93,120)(H,94,122)(H,95,128)(H,96,123)(H,97,117)(H,98,119)(H,99,131)(H,100,132)(H,101,129)(H,102,118)(H,103,125)(H,104,124)(H,105,130)(H,106,126)(H,107,121)(H,111,112)(H,113,114)(H,115,116)(H,133,134)(H4,89,90,91)/t46-,47-,48+,50-,51-,52-,53-,54-,55-,56-,57-,58-,59-,63-,64-,65-,66-,67-,68-/m0/s1. The number of aliphatic hydroxyl groups excluding tert-OH is 3. The van der Waals surface area contributed by atoms with Gasteiger partial charge in [-0.25, -0.2) is 4.79 Å². The minimum absolute atomic E-state index is 0.0656. The molecule has 0 heterocycles. The van der Waals surface area contributed by atoms with E-state index in [1.165, 1.54) is 48.5 Å². The van der Waals surface area contributed by atoms with Gasteiger partial charge in [-0.1, -0.05) is 134 Å². The number of nitrogens with one attached hydrogen (secondary N) is 16. The Labute approximate surface area is 778 Å². The van der Waals surface area contributed by atoms with E-state index in [-0.39, 0.29) is 64.0 Å². The number of nitrogens with two attached hydrogens (primary N) is 4. The predicted octanol–water partition coefficient (Wildman–Crippen LogP) is -6.07. The number of aliphatic carboxylic acids is 4. The molecule has 1 aromatic rings. The van der Waals surface area contributed by atoms with Crippen molar-refractivity contribution in [2.45, 2.75) is 309 Å². The fourth-order valence-electron chi connectivity index (χ4n) is 13.3. The Balaban J connectivity index is 3.79. The van der Waals surface area contributed by atoms with Crippen LogP contribution in [0.3, 0.4) is 0 Å². The van der Waals surface area contributed by atoms with Crippen molar-refractivity contribution >= 4 is 124 Å². The minimum atomic E-state index is -1.99. The summed E-state index contributed by atoms with van der Waals surface area (Å²) in [5, 5.41) is 109. The highest BCUT2D eigenvalue weighted by atomic mass is 16.4. The minimum Gasteiger partial charge on any atom is -0.481 e. The summed E-state index contributed by atoms with van der Waals surface area (Å²) >= 11 is 0. The molecule has 16 amide bonds. The molecule has 0 aliphatic heterocycles. The van der Waals surface area contributed by atoms with Crippen LogP contribution >= 0.6 is 0 Å². The van der Waals surface area contributed by atoms with Crippen molar-refractivity contribution in [2.75, 3.05) is 26.3 Å². The number of amides is 16. The number of aliphatic imine (C=N–C) groups is 1. The van der Waals surface area contributed by atoms with Crippen LogP contribution in [0.4, 0.5) is 0 Å². The largest absolute Gasteiger partial charge is 0.481 e. The molecule has 0 unspecified atom stereocenters. The lowest BCUT2D eigenvalue weighted by molar-refractivity contribution is -0.144. The maximum atomic E-state index is 14.9. The van der Waals surface area contributed by atoms with E-state index < -0.39 is 314 Å². The first kappa shape index (κ1) is 120. The summed E-state index contributed by atoms with van der Waals surface area (Å²) in [5.74, 6) is -27.7. The molecule has 0 aromatic heterocycles. The first-order valence-corrected chi connectivity index (χ1v) is 44.8. The zero-order valence-corrected chi connectivity index (χ0v) is 79.1. The van der Waals surface area contributed by atoms with Gasteiger partial charge < -0.3 is 144 Å². The number of unbranched alkanes of at least 4 members (excludes halogenated alkanes) is 1. The molecule has 0 bridgehead atoms. The van der Waals surface area contributed by atoms with E-state index in [0.717, 1.165) is 6.92 Å². The van der Waals surface area contributed by atoms with Gasteiger partial charge in [0.2, 0.25) is 94.5 Å². The molecule has 1 rings (SSSR count). The third kappa shape index (κ3) is 44.0. The van der Waals surface area contributed by atoms with Crippen molar-refractivity contribution < 1.29 is 132 Å². The number of guanidine groups is 1. The van der Waals surface area contributed by atoms with Gasteiger partial charge in [0.25, 0.3) is 0 Å². The first-order valence-electron chi connectivity index (χ1n) is 44.8. The number of carboxylic acid groups (broad SMARTS) is 4. The predicted molar refractivity (Wildman–Crippen MR) is 485 cm³/mol. The SMILES string of the molecule is CC[C@H](C)[C@H](NC(=O)[C@H](CO)NC(=O)[C@@H](NC(=O)[C@@H](N)CO)C(C)C)C(=O)N[C@@H](CC(C)C)C(=O)N[C@@H](CCC(=O)O)C(=O)N[C@@H](CCCN=C(N)N)C(=O)N[C@@H](Cc1ccccc1)C(=O)N[C@H](C(=O)N[C@@H](CCC(=O)O)C(=O)N[C@H](C(=O)N[C@@H](CC(C)C)C(=O)N[C@H](C(=O)N[C@H](C(=O)N[C@@H](C)C(=O)N[C@@H](CC(=O)O)C(=O)N[C@@H](CCCCN)C(=O)O)C(C)C)C(C)C)[C@@H](C)O)C(C)C. The van der Waals surface area contributed by atoms with Gasteiger partial charge in [0.1, 0.15) is 103 Å². The highest BCUT2D eigenvalue weighted by Crippen LogP contribution is 2.18. The van der Waals surface area contributed by atoms with Gasteiger partial charge in [-0.05, 0) is 125 Å². The van der Waals surface area contributed by atoms with Crippen LogP contribution in [0.1, 0.15) is 200 Å². The summed E-state index contributed by atoms with van der Waals surface area (Å²) in [5.41, 5.74) is 22.7. The Morgan fingerprint density at radius 2 is 0.687 bits per heavy atom. The number of carboxylic acids is 4. The second kappa shape index (κ2) is 60.8. The Hall–Kier alpha value is -12.3. The van der Waals surface area contributed by atoms with Crippen LogP contribution in [0.25, 0.3) is 0 Å². The number of nitrogens with zero attached hydrogens (tertiary/aromatic N) is 1. The fraction of sp³-hybridized carbons (Fsp3) is 0.686. The maximum Gasteiger partial charge on any atom is 0.326 e. The summed E-state index contributed by atoms with van der Waals surface area (Å²) in [6.07, 6.45) is -5.88. The summed E-state index contributed by atoms with van der Waals surface area (Å²) in [7, 11) is 0. The van der Waals surface area contributed by atoms with Crippen molar-refractivity contribution in [1.82, 2.24) is 85.1 Å². The summed E-state index contributed by atoms with van der Waals surface area (Å²) < 4.78 is 0. The first-order chi connectivity index (χ1) is 62.6. The van der Waals surface area contributed by atoms with Crippen LogP contribution in [0.15, 0.2) is 35.3 Å². The quantitative estimate of drug-likeness (QED) is 0.0164. The van der Waals surface area contributed by atoms with E-state index in [1.54, 1.807) is 85.7 Å². The van der Waals surface area contributed by atoms with E-state index in [9.17, 15) is 132 Å². The number of rotatable bonds is 64. The second-order valence-electron chi connectivity index (χ2n) is 35.3. The van der Waals surface area contributed by atoms with E-state index in [2.05, 4.69) is 90.1 Å². The molecule has 134 heavy (non-hydrogen) atoms. The van der Waals surface area contributed by atoms with Crippen LogP contribution in [0.2, 0.25) is 0 Å². The van der Waals surface area contributed by atoms with Crippen molar-refractivity contribution in [3.05, 3.63) is 35.9 Å². The molecule has 756 valence electrons. The Bertz CT molecular complexity index is 4130. The van der Waals surface area contributed by atoms with Gasteiger partial charge in [0, 0.05) is 25.8 Å². The van der Waals surface area contributed by atoms with Gasteiger partial charge in [-0.3, -0.25) is 96.1 Å². The van der Waals surface area contributed by atoms with Gasteiger partial charge in [-0.15, -0.1) is 0 Å². The molecule has 48 nitrogen and oxygen atoms in total. The van der Waals surface area contributed by atoms with Crippen LogP contribution in [-0.4, -0.2) is 295 Å². The number of hydrogen-bond donors (Lipinski definition) is 27. The van der Waals surface area contributed by atoms with Crippen LogP contribution < -0.4 is 108 Å². The van der Waals surface area contributed by atoms with E-state index in [0.29, 0.717) is 18.4 Å².